The summed E-state index contributed by atoms with van der Waals surface area (Å²) in [5.41, 5.74) is 8.34. The quantitative estimate of drug-likeness (QED) is 0.564. The fourth-order valence-corrected chi connectivity index (χ4v) is 3.38. The van der Waals surface area contributed by atoms with Crippen LogP contribution in [0.25, 0.3) is 17.2 Å². The average Bonchev–Trinajstić information content (AvgIpc) is 2.63. The average molecular weight is 296 g/mol. The zero-order valence-corrected chi connectivity index (χ0v) is 13.2. The van der Waals surface area contributed by atoms with Crippen molar-refractivity contribution >= 4 is 6.08 Å². The van der Waals surface area contributed by atoms with Gasteiger partial charge in [-0.1, -0.05) is 84.9 Å². The molecule has 23 heavy (non-hydrogen) atoms. The predicted molar refractivity (Wildman–Crippen MR) is 98.5 cm³/mol. The van der Waals surface area contributed by atoms with Crippen LogP contribution in [0.1, 0.15) is 28.7 Å². The maximum Gasteiger partial charge on any atom is -0.00228 e. The SMILES string of the molecule is C1=Cc2cccc(Cc3ccc(-c4ccccc4)cc3)c2CC1. The first-order valence-corrected chi connectivity index (χ1v) is 8.32. The molecule has 0 aromatic heterocycles. The van der Waals surface area contributed by atoms with E-state index in [-0.39, 0.29) is 0 Å². The molecule has 0 heteroatoms. The highest BCUT2D eigenvalue weighted by atomic mass is 14.1. The highest BCUT2D eigenvalue weighted by Crippen LogP contribution is 2.26. The van der Waals surface area contributed by atoms with Crippen LogP contribution in [0.5, 0.6) is 0 Å². The molecule has 0 radical (unpaired) electrons. The number of allylic oxidation sites excluding steroid dienone is 1. The third-order valence-corrected chi connectivity index (χ3v) is 4.62. The summed E-state index contributed by atoms with van der Waals surface area (Å²) in [5, 5.41) is 0. The zero-order valence-electron chi connectivity index (χ0n) is 13.2. The Morgan fingerprint density at radius 3 is 2.30 bits per heavy atom. The van der Waals surface area contributed by atoms with Crippen LogP contribution in [0.15, 0.2) is 78.9 Å². The zero-order chi connectivity index (χ0) is 15.5. The minimum Gasteiger partial charge on any atom is -0.0836 e. The molecule has 4 rings (SSSR count). The molecule has 3 aromatic carbocycles. The Kier molecular flexibility index (Phi) is 3.81. The summed E-state index contributed by atoms with van der Waals surface area (Å²) in [6.45, 7) is 0. The molecule has 0 unspecified atom stereocenters. The standard InChI is InChI=1S/C23H20/c1-2-7-19(8-3-1)20-15-13-18(14-16-20)17-22-11-6-10-21-9-4-5-12-23(21)22/h1-4,6-11,13-16H,5,12,17H2. The molecular formula is C23H20. The molecule has 3 aromatic rings. The Morgan fingerprint density at radius 1 is 0.696 bits per heavy atom. The molecule has 0 saturated heterocycles. The number of benzene rings is 3. The monoisotopic (exact) mass is 296 g/mol. The normalized spacial score (nSPS) is 12.9. The van der Waals surface area contributed by atoms with E-state index in [2.05, 4.69) is 84.9 Å². The summed E-state index contributed by atoms with van der Waals surface area (Å²) in [6, 6.07) is 26.3. The van der Waals surface area contributed by atoms with Gasteiger partial charge in [0.05, 0.1) is 0 Å². The van der Waals surface area contributed by atoms with Crippen LogP contribution in [0.3, 0.4) is 0 Å². The van der Waals surface area contributed by atoms with Gasteiger partial charge in [0.1, 0.15) is 0 Å². The summed E-state index contributed by atoms with van der Waals surface area (Å²) in [6.07, 6.45) is 7.90. The fourth-order valence-electron chi connectivity index (χ4n) is 3.38. The highest BCUT2D eigenvalue weighted by Gasteiger charge is 2.09. The Morgan fingerprint density at radius 2 is 1.48 bits per heavy atom. The van der Waals surface area contributed by atoms with Crippen LogP contribution in [0.4, 0.5) is 0 Å². The van der Waals surface area contributed by atoms with Crippen LogP contribution in [-0.2, 0) is 12.8 Å². The van der Waals surface area contributed by atoms with E-state index in [1.165, 1.54) is 39.8 Å². The van der Waals surface area contributed by atoms with Crippen molar-refractivity contribution in [2.75, 3.05) is 0 Å². The third kappa shape index (κ3) is 2.98. The maximum atomic E-state index is 2.28. The highest BCUT2D eigenvalue weighted by molar-refractivity contribution is 5.64. The molecule has 0 atom stereocenters. The van der Waals surface area contributed by atoms with Crippen LogP contribution in [-0.4, -0.2) is 0 Å². The van der Waals surface area contributed by atoms with Crippen molar-refractivity contribution in [3.05, 3.63) is 101 Å². The topological polar surface area (TPSA) is 0 Å². The van der Waals surface area contributed by atoms with E-state index in [9.17, 15) is 0 Å². The maximum absolute atomic E-state index is 2.28. The van der Waals surface area contributed by atoms with Gasteiger partial charge in [-0.05, 0) is 52.6 Å². The largest absolute Gasteiger partial charge is 0.0836 e. The molecular weight excluding hydrogens is 276 g/mol. The number of fused-ring (bicyclic) bond motifs is 1. The van der Waals surface area contributed by atoms with Gasteiger partial charge in [-0.25, -0.2) is 0 Å². The summed E-state index contributed by atoms with van der Waals surface area (Å²) in [5.74, 6) is 0. The summed E-state index contributed by atoms with van der Waals surface area (Å²) in [7, 11) is 0. The van der Waals surface area contributed by atoms with E-state index in [0.29, 0.717) is 0 Å². The molecule has 0 fully saturated rings. The summed E-state index contributed by atoms with van der Waals surface area (Å²) in [4.78, 5) is 0. The second-order valence-electron chi connectivity index (χ2n) is 6.17. The lowest BCUT2D eigenvalue weighted by Gasteiger charge is -2.15. The molecule has 1 aliphatic carbocycles. The Hall–Kier alpha value is -2.60. The Labute approximate surface area is 138 Å². The van der Waals surface area contributed by atoms with Crippen molar-refractivity contribution in [3.8, 4) is 11.1 Å². The van der Waals surface area contributed by atoms with Crippen molar-refractivity contribution in [3.63, 3.8) is 0 Å². The Bertz CT molecular complexity index is 824. The number of hydrogen-bond donors (Lipinski definition) is 0. The van der Waals surface area contributed by atoms with Gasteiger partial charge in [0.25, 0.3) is 0 Å². The lowest BCUT2D eigenvalue weighted by molar-refractivity contribution is 0.955. The second kappa shape index (κ2) is 6.26. The summed E-state index contributed by atoms with van der Waals surface area (Å²) < 4.78 is 0. The van der Waals surface area contributed by atoms with Gasteiger partial charge in [-0.3, -0.25) is 0 Å². The lowest BCUT2D eigenvalue weighted by Crippen LogP contribution is -2.01. The van der Waals surface area contributed by atoms with Gasteiger partial charge in [0.2, 0.25) is 0 Å². The van der Waals surface area contributed by atoms with Crippen LogP contribution in [0, 0.1) is 0 Å². The van der Waals surface area contributed by atoms with E-state index >= 15 is 0 Å². The van der Waals surface area contributed by atoms with Crippen molar-refractivity contribution in [1.29, 1.82) is 0 Å². The van der Waals surface area contributed by atoms with E-state index in [0.717, 1.165) is 12.8 Å². The smallest absolute Gasteiger partial charge is 0.00228 e. The van der Waals surface area contributed by atoms with Crippen LogP contribution in [0.2, 0.25) is 0 Å². The van der Waals surface area contributed by atoms with Crippen molar-refractivity contribution in [2.24, 2.45) is 0 Å². The fraction of sp³-hybridized carbons (Fsp3) is 0.130. The minimum absolute atomic E-state index is 1.02. The van der Waals surface area contributed by atoms with Gasteiger partial charge in [0.15, 0.2) is 0 Å². The van der Waals surface area contributed by atoms with Crippen LogP contribution >= 0.6 is 0 Å². The van der Waals surface area contributed by atoms with Gasteiger partial charge in [-0.2, -0.15) is 0 Å². The first kappa shape index (κ1) is 14.0. The van der Waals surface area contributed by atoms with Gasteiger partial charge >= 0.3 is 0 Å². The third-order valence-electron chi connectivity index (χ3n) is 4.62. The molecule has 0 aliphatic heterocycles. The van der Waals surface area contributed by atoms with E-state index in [1.54, 1.807) is 0 Å². The number of rotatable bonds is 3. The molecule has 0 heterocycles. The first-order valence-electron chi connectivity index (χ1n) is 8.32. The first-order chi connectivity index (χ1) is 11.4. The Balaban J connectivity index is 1.60. The molecule has 1 aliphatic rings. The van der Waals surface area contributed by atoms with E-state index in [4.69, 9.17) is 0 Å². The molecule has 0 N–H and O–H groups in total. The van der Waals surface area contributed by atoms with Gasteiger partial charge in [-0.15, -0.1) is 0 Å². The molecule has 0 bridgehead atoms. The number of hydrogen-bond acceptors (Lipinski definition) is 0. The van der Waals surface area contributed by atoms with E-state index in [1.807, 2.05) is 0 Å². The van der Waals surface area contributed by atoms with Crippen molar-refractivity contribution in [1.82, 2.24) is 0 Å². The van der Waals surface area contributed by atoms with Crippen molar-refractivity contribution in [2.45, 2.75) is 19.3 Å². The molecule has 0 spiro atoms. The molecule has 112 valence electrons. The molecule has 0 nitrogen and oxygen atoms in total. The summed E-state index contributed by atoms with van der Waals surface area (Å²) >= 11 is 0. The van der Waals surface area contributed by atoms with Gasteiger partial charge in [0, 0.05) is 0 Å². The van der Waals surface area contributed by atoms with Crippen molar-refractivity contribution < 1.29 is 0 Å². The minimum atomic E-state index is 1.02. The molecule has 0 amide bonds. The van der Waals surface area contributed by atoms with Gasteiger partial charge < -0.3 is 0 Å². The lowest BCUT2D eigenvalue weighted by atomic mass is 9.89. The van der Waals surface area contributed by atoms with Crippen LogP contribution < -0.4 is 0 Å². The predicted octanol–water partition coefficient (Wildman–Crippen LogP) is 5.90. The molecule has 0 saturated carbocycles. The second-order valence-corrected chi connectivity index (χ2v) is 6.17. The van der Waals surface area contributed by atoms with E-state index < -0.39 is 0 Å².